The van der Waals surface area contributed by atoms with Gasteiger partial charge in [-0.05, 0) is 12.1 Å². The summed E-state index contributed by atoms with van der Waals surface area (Å²) >= 11 is 1.40. The molecule has 3 heterocycles. The average Bonchev–Trinajstić information content (AvgIpc) is 3.42. The molecular weight excluding hydrogens is 436 g/mol. The van der Waals surface area contributed by atoms with Gasteiger partial charge in [0.1, 0.15) is 10.7 Å². The number of rotatable bonds is 5. The van der Waals surface area contributed by atoms with E-state index in [0.717, 1.165) is 27.1 Å². The van der Waals surface area contributed by atoms with Crippen molar-refractivity contribution in [3.05, 3.63) is 78.8 Å². The second-order valence-corrected chi connectivity index (χ2v) is 8.67. The van der Waals surface area contributed by atoms with Crippen LogP contribution in [0.25, 0.3) is 22.0 Å². The molecule has 166 valence electrons. The first-order valence-electron chi connectivity index (χ1n) is 10.7. The fraction of sp³-hybridized carbons (Fsp3) is 0.200. The van der Waals surface area contributed by atoms with Gasteiger partial charge in [0.2, 0.25) is 5.91 Å². The maximum absolute atomic E-state index is 12.8. The molecular formula is C25H22N4O3S. The van der Waals surface area contributed by atoms with Crippen LogP contribution in [-0.4, -0.2) is 63.7 Å². The number of carbonyl (C=O) groups is 2. The third-order valence-corrected chi connectivity index (χ3v) is 6.65. The van der Waals surface area contributed by atoms with Crippen molar-refractivity contribution in [3.8, 4) is 11.3 Å². The van der Waals surface area contributed by atoms with Gasteiger partial charge in [-0.1, -0.05) is 66.4 Å². The van der Waals surface area contributed by atoms with E-state index in [0.29, 0.717) is 31.9 Å². The predicted octanol–water partition coefficient (Wildman–Crippen LogP) is 3.97. The Morgan fingerprint density at radius 1 is 0.818 bits per heavy atom. The van der Waals surface area contributed by atoms with Gasteiger partial charge in [-0.15, -0.1) is 10.2 Å². The zero-order valence-corrected chi connectivity index (χ0v) is 18.7. The summed E-state index contributed by atoms with van der Waals surface area (Å²) in [6.07, 6.45) is 1.49. The summed E-state index contributed by atoms with van der Waals surface area (Å²) in [5.41, 5.74) is 1.84. The molecule has 0 spiro atoms. The summed E-state index contributed by atoms with van der Waals surface area (Å²) in [5.74, 6) is 0.495. The van der Waals surface area contributed by atoms with Crippen LogP contribution in [0, 0.1) is 0 Å². The van der Waals surface area contributed by atoms with Crippen molar-refractivity contribution in [1.29, 1.82) is 0 Å². The third-order valence-electron chi connectivity index (χ3n) is 5.68. The van der Waals surface area contributed by atoms with Crippen LogP contribution in [0.5, 0.6) is 0 Å². The van der Waals surface area contributed by atoms with Crippen molar-refractivity contribution in [2.75, 3.05) is 31.9 Å². The molecule has 7 nitrogen and oxygen atoms in total. The molecule has 2 amide bonds. The summed E-state index contributed by atoms with van der Waals surface area (Å²) in [5, 5.41) is 11.7. The molecule has 4 aromatic rings. The minimum Gasteiger partial charge on any atom is -0.459 e. The minimum atomic E-state index is -0.137. The van der Waals surface area contributed by atoms with Crippen LogP contribution in [-0.2, 0) is 4.79 Å². The highest BCUT2D eigenvalue weighted by molar-refractivity contribution is 8.00. The number of fused-ring (bicyclic) bond motifs is 1. The number of piperazine rings is 1. The maximum Gasteiger partial charge on any atom is 0.289 e. The van der Waals surface area contributed by atoms with Gasteiger partial charge in [-0.2, -0.15) is 0 Å². The molecule has 0 aliphatic carbocycles. The van der Waals surface area contributed by atoms with Gasteiger partial charge >= 0.3 is 0 Å². The highest BCUT2D eigenvalue weighted by Crippen LogP contribution is 2.31. The number of benzene rings is 2. The Kier molecular flexibility index (Phi) is 6.08. The number of thioether (sulfide) groups is 1. The number of hydrogen-bond donors (Lipinski definition) is 0. The molecule has 8 heteroatoms. The highest BCUT2D eigenvalue weighted by Gasteiger charge is 2.26. The topological polar surface area (TPSA) is 79.5 Å². The van der Waals surface area contributed by atoms with Gasteiger partial charge < -0.3 is 14.2 Å². The van der Waals surface area contributed by atoms with Gasteiger partial charge in [0, 0.05) is 42.5 Å². The number of amides is 2. The molecule has 0 atom stereocenters. The lowest BCUT2D eigenvalue weighted by Gasteiger charge is -2.34. The van der Waals surface area contributed by atoms with Crippen molar-refractivity contribution < 1.29 is 14.0 Å². The van der Waals surface area contributed by atoms with E-state index in [-0.39, 0.29) is 17.6 Å². The molecule has 0 bridgehead atoms. The van der Waals surface area contributed by atoms with Crippen LogP contribution in [0.15, 0.2) is 82.4 Å². The van der Waals surface area contributed by atoms with Crippen molar-refractivity contribution in [1.82, 2.24) is 20.0 Å². The van der Waals surface area contributed by atoms with Crippen LogP contribution in [0.2, 0.25) is 0 Å². The number of nitrogens with zero attached hydrogens (tertiary/aromatic N) is 4. The normalized spacial score (nSPS) is 13.9. The van der Waals surface area contributed by atoms with Crippen LogP contribution < -0.4 is 0 Å². The van der Waals surface area contributed by atoms with Gasteiger partial charge in [0.05, 0.1) is 12.0 Å². The Hall–Kier alpha value is -3.65. The molecule has 0 saturated carbocycles. The monoisotopic (exact) mass is 458 g/mol. The first-order valence-corrected chi connectivity index (χ1v) is 11.7. The Morgan fingerprint density at radius 3 is 2.24 bits per heavy atom. The van der Waals surface area contributed by atoms with Crippen molar-refractivity contribution >= 4 is 34.3 Å². The van der Waals surface area contributed by atoms with Crippen LogP contribution in [0.4, 0.5) is 0 Å². The number of hydrogen-bond acceptors (Lipinski definition) is 6. The van der Waals surface area contributed by atoms with Crippen molar-refractivity contribution in [2.45, 2.75) is 5.03 Å². The Morgan fingerprint density at radius 2 is 1.52 bits per heavy atom. The van der Waals surface area contributed by atoms with E-state index in [1.807, 2.05) is 54.6 Å². The molecule has 5 rings (SSSR count). The lowest BCUT2D eigenvalue weighted by atomic mass is 10.1. The van der Waals surface area contributed by atoms with Gasteiger partial charge in [0.15, 0.2) is 5.76 Å². The lowest BCUT2D eigenvalue weighted by Crippen LogP contribution is -2.51. The van der Waals surface area contributed by atoms with E-state index in [1.54, 1.807) is 21.9 Å². The smallest absolute Gasteiger partial charge is 0.289 e. The number of aromatic nitrogens is 2. The van der Waals surface area contributed by atoms with Gasteiger partial charge in [-0.3, -0.25) is 9.59 Å². The van der Waals surface area contributed by atoms with Crippen LogP contribution in [0.1, 0.15) is 10.6 Å². The van der Waals surface area contributed by atoms with E-state index in [9.17, 15) is 9.59 Å². The molecule has 1 aliphatic rings. The third kappa shape index (κ3) is 4.47. The minimum absolute atomic E-state index is 0.0307. The summed E-state index contributed by atoms with van der Waals surface area (Å²) in [7, 11) is 0. The van der Waals surface area contributed by atoms with Crippen LogP contribution in [0.3, 0.4) is 0 Å². The Balaban J connectivity index is 1.24. The van der Waals surface area contributed by atoms with Crippen molar-refractivity contribution in [3.63, 3.8) is 0 Å². The lowest BCUT2D eigenvalue weighted by molar-refractivity contribution is -0.129. The highest BCUT2D eigenvalue weighted by atomic mass is 32.2. The number of carbonyl (C=O) groups excluding carboxylic acids is 2. The zero-order valence-electron chi connectivity index (χ0n) is 17.9. The molecule has 2 aromatic carbocycles. The standard InChI is InChI=1S/C25H22N4O3S/c30-22(28-12-14-29(15-13-28)25(31)21-11-6-16-32-21)17-33-24-20-10-5-4-9-19(20)23(26-27-24)18-7-2-1-3-8-18/h1-11,16H,12-15,17H2. The van der Waals surface area contributed by atoms with Gasteiger partial charge in [0.25, 0.3) is 5.91 Å². The van der Waals surface area contributed by atoms with E-state index in [1.165, 1.54) is 18.0 Å². The largest absolute Gasteiger partial charge is 0.459 e. The summed E-state index contributed by atoms with van der Waals surface area (Å²) in [6, 6.07) is 21.3. The fourth-order valence-corrected chi connectivity index (χ4v) is 4.81. The summed E-state index contributed by atoms with van der Waals surface area (Å²) in [6.45, 7) is 1.99. The maximum atomic E-state index is 12.8. The predicted molar refractivity (Wildman–Crippen MR) is 127 cm³/mol. The van der Waals surface area contributed by atoms with Crippen molar-refractivity contribution in [2.24, 2.45) is 0 Å². The molecule has 1 saturated heterocycles. The fourth-order valence-electron chi connectivity index (χ4n) is 3.93. The van der Waals surface area contributed by atoms with Gasteiger partial charge in [-0.25, -0.2) is 0 Å². The quantitative estimate of drug-likeness (QED) is 0.421. The molecule has 0 radical (unpaired) electrons. The second kappa shape index (κ2) is 9.46. The average molecular weight is 459 g/mol. The number of furan rings is 1. The van der Waals surface area contributed by atoms with E-state index < -0.39 is 0 Å². The first-order chi connectivity index (χ1) is 16.2. The van der Waals surface area contributed by atoms with E-state index >= 15 is 0 Å². The Labute approximate surface area is 195 Å². The molecule has 0 N–H and O–H groups in total. The zero-order chi connectivity index (χ0) is 22.6. The SMILES string of the molecule is O=C(CSc1nnc(-c2ccccc2)c2ccccc12)N1CCN(C(=O)c2ccco2)CC1. The molecule has 2 aromatic heterocycles. The molecule has 33 heavy (non-hydrogen) atoms. The second-order valence-electron chi connectivity index (χ2n) is 7.70. The van der Waals surface area contributed by atoms with E-state index in [2.05, 4.69) is 10.2 Å². The molecule has 1 aliphatic heterocycles. The summed E-state index contributed by atoms with van der Waals surface area (Å²) in [4.78, 5) is 28.8. The summed E-state index contributed by atoms with van der Waals surface area (Å²) < 4.78 is 5.19. The van der Waals surface area contributed by atoms with E-state index in [4.69, 9.17) is 4.42 Å². The van der Waals surface area contributed by atoms with Crippen LogP contribution >= 0.6 is 11.8 Å². The molecule has 0 unspecified atom stereocenters. The Bertz CT molecular complexity index is 1270. The first kappa shape index (κ1) is 21.2. The molecule has 1 fully saturated rings.